The van der Waals surface area contributed by atoms with Crippen molar-refractivity contribution >= 4 is 0 Å². The van der Waals surface area contributed by atoms with Gasteiger partial charge < -0.3 is 0 Å². The first-order valence-electron chi connectivity index (χ1n) is 9.91. The van der Waals surface area contributed by atoms with E-state index in [0.717, 1.165) is 12.6 Å². The van der Waals surface area contributed by atoms with Crippen molar-refractivity contribution in [2.75, 3.05) is 0 Å². The number of hydrogen-bond donors (Lipinski definition) is 0. The number of nitrogens with zero attached hydrogens (tertiary/aromatic N) is 1. The van der Waals surface area contributed by atoms with Crippen LogP contribution in [-0.2, 0) is 13.0 Å². The van der Waals surface area contributed by atoms with E-state index in [9.17, 15) is 0 Å². The van der Waals surface area contributed by atoms with E-state index in [1.807, 2.05) is 0 Å². The maximum atomic E-state index is 2.76. The highest BCUT2D eigenvalue weighted by Gasteiger charge is 2.33. The molecule has 0 radical (unpaired) electrons. The molecule has 130 valence electrons. The number of piperidine rings is 1. The molecule has 2 aliphatic rings. The lowest BCUT2D eigenvalue weighted by atomic mass is 9.83. The lowest BCUT2D eigenvalue weighted by Gasteiger charge is -2.45. The quantitative estimate of drug-likeness (QED) is 0.608. The molecule has 2 aliphatic heterocycles. The van der Waals surface area contributed by atoms with Crippen molar-refractivity contribution in [3.8, 4) is 0 Å². The predicted molar refractivity (Wildman–Crippen MR) is 105 cm³/mol. The van der Waals surface area contributed by atoms with Crippen LogP contribution in [0.2, 0.25) is 0 Å². The molecule has 0 spiro atoms. The van der Waals surface area contributed by atoms with E-state index in [1.54, 1.807) is 5.57 Å². The highest BCUT2D eigenvalue weighted by atomic mass is 15.2. The van der Waals surface area contributed by atoms with Crippen molar-refractivity contribution in [2.24, 2.45) is 0 Å². The van der Waals surface area contributed by atoms with E-state index in [0.29, 0.717) is 6.04 Å². The van der Waals surface area contributed by atoms with E-state index in [-0.39, 0.29) is 0 Å². The highest BCUT2D eigenvalue weighted by molar-refractivity contribution is 5.20. The summed E-state index contributed by atoms with van der Waals surface area (Å²) in [5.41, 5.74) is 4.65. The molecule has 2 heterocycles. The molecule has 1 fully saturated rings. The van der Waals surface area contributed by atoms with Gasteiger partial charge in [0, 0.05) is 18.6 Å². The second-order valence-corrected chi connectivity index (χ2v) is 7.68. The number of aryl methyl sites for hydroxylation is 1. The molecule has 2 aromatic rings. The SMILES string of the molecule is C1=C(CCCc2ccccc2)CC2CCCC1N2Cc1ccccc1. The van der Waals surface area contributed by atoms with Gasteiger partial charge in [0.2, 0.25) is 0 Å². The average molecular weight is 332 g/mol. The summed E-state index contributed by atoms with van der Waals surface area (Å²) in [6.45, 7) is 1.12. The molecule has 1 heteroatoms. The molecule has 0 saturated carbocycles. The fraction of sp³-hybridized carbons (Fsp3) is 0.417. The van der Waals surface area contributed by atoms with Gasteiger partial charge in [-0.2, -0.15) is 0 Å². The Morgan fingerprint density at radius 3 is 2.24 bits per heavy atom. The summed E-state index contributed by atoms with van der Waals surface area (Å²) in [7, 11) is 0. The molecule has 2 aromatic carbocycles. The second-order valence-electron chi connectivity index (χ2n) is 7.68. The highest BCUT2D eigenvalue weighted by Crippen LogP contribution is 2.35. The molecule has 0 aliphatic carbocycles. The summed E-state index contributed by atoms with van der Waals surface area (Å²) in [5, 5.41) is 0. The summed E-state index contributed by atoms with van der Waals surface area (Å²) in [6, 6.07) is 23.3. The third kappa shape index (κ3) is 4.22. The Labute approximate surface area is 152 Å². The monoisotopic (exact) mass is 331 g/mol. The van der Waals surface area contributed by atoms with Gasteiger partial charge in [0.25, 0.3) is 0 Å². The van der Waals surface area contributed by atoms with E-state index in [4.69, 9.17) is 0 Å². The molecule has 2 atom stereocenters. The molecule has 0 aromatic heterocycles. The Kier molecular flexibility index (Phi) is 5.32. The Balaban J connectivity index is 1.37. The van der Waals surface area contributed by atoms with Gasteiger partial charge in [0.05, 0.1) is 0 Å². The number of benzene rings is 2. The van der Waals surface area contributed by atoms with Gasteiger partial charge in [0.1, 0.15) is 0 Å². The minimum absolute atomic E-state index is 0.666. The second kappa shape index (κ2) is 8.01. The van der Waals surface area contributed by atoms with Gasteiger partial charge in [0.15, 0.2) is 0 Å². The van der Waals surface area contributed by atoms with E-state index >= 15 is 0 Å². The predicted octanol–water partition coefficient (Wildman–Crippen LogP) is 5.76. The topological polar surface area (TPSA) is 3.24 Å². The molecule has 1 nitrogen and oxygen atoms in total. The van der Waals surface area contributed by atoms with Gasteiger partial charge in [-0.25, -0.2) is 0 Å². The third-order valence-corrected chi connectivity index (χ3v) is 5.87. The third-order valence-electron chi connectivity index (χ3n) is 5.87. The van der Waals surface area contributed by atoms with Crippen LogP contribution in [0.25, 0.3) is 0 Å². The Hall–Kier alpha value is -1.86. The lowest BCUT2D eigenvalue weighted by molar-refractivity contribution is 0.0876. The van der Waals surface area contributed by atoms with Crippen molar-refractivity contribution in [3.05, 3.63) is 83.4 Å². The van der Waals surface area contributed by atoms with Crippen molar-refractivity contribution in [1.29, 1.82) is 0 Å². The van der Waals surface area contributed by atoms with Crippen LogP contribution < -0.4 is 0 Å². The Morgan fingerprint density at radius 1 is 0.800 bits per heavy atom. The molecule has 1 saturated heterocycles. The lowest BCUT2D eigenvalue weighted by Crippen LogP contribution is -2.48. The Bertz CT molecular complexity index is 689. The van der Waals surface area contributed by atoms with Gasteiger partial charge in [-0.3, -0.25) is 4.90 Å². The molecular formula is C24H29N. The first kappa shape index (κ1) is 16.6. The van der Waals surface area contributed by atoms with E-state index < -0.39 is 0 Å². The molecule has 0 amide bonds. The fourth-order valence-corrected chi connectivity index (χ4v) is 4.60. The van der Waals surface area contributed by atoms with Crippen LogP contribution in [0.1, 0.15) is 49.7 Å². The Morgan fingerprint density at radius 2 is 1.52 bits per heavy atom. The van der Waals surface area contributed by atoms with Crippen molar-refractivity contribution < 1.29 is 0 Å². The molecular weight excluding hydrogens is 302 g/mol. The van der Waals surface area contributed by atoms with Crippen molar-refractivity contribution in [2.45, 2.75) is 63.6 Å². The van der Waals surface area contributed by atoms with Crippen LogP contribution in [0.15, 0.2) is 72.3 Å². The summed E-state index contributed by atoms with van der Waals surface area (Å²) in [5.74, 6) is 0. The zero-order valence-corrected chi connectivity index (χ0v) is 15.1. The minimum atomic E-state index is 0.666. The molecule has 4 rings (SSSR count). The normalized spacial score (nSPS) is 23.3. The van der Waals surface area contributed by atoms with Crippen LogP contribution in [0.5, 0.6) is 0 Å². The van der Waals surface area contributed by atoms with Gasteiger partial charge in [-0.1, -0.05) is 78.7 Å². The zero-order chi connectivity index (χ0) is 16.9. The van der Waals surface area contributed by atoms with Gasteiger partial charge >= 0.3 is 0 Å². The number of fused-ring (bicyclic) bond motifs is 2. The smallest absolute Gasteiger partial charge is 0.0287 e. The average Bonchev–Trinajstić information content (AvgIpc) is 2.64. The van der Waals surface area contributed by atoms with E-state index in [2.05, 4.69) is 71.6 Å². The van der Waals surface area contributed by atoms with Gasteiger partial charge in [-0.05, 0) is 49.7 Å². The zero-order valence-electron chi connectivity index (χ0n) is 15.1. The molecule has 2 bridgehead atoms. The van der Waals surface area contributed by atoms with Crippen LogP contribution in [0.4, 0.5) is 0 Å². The summed E-state index contributed by atoms with van der Waals surface area (Å²) >= 11 is 0. The van der Waals surface area contributed by atoms with E-state index in [1.165, 1.54) is 56.1 Å². The maximum Gasteiger partial charge on any atom is 0.0287 e. The first-order valence-corrected chi connectivity index (χ1v) is 9.91. The van der Waals surface area contributed by atoms with Crippen molar-refractivity contribution in [3.63, 3.8) is 0 Å². The number of hydrogen-bond acceptors (Lipinski definition) is 1. The molecule has 2 unspecified atom stereocenters. The largest absolute Gasteiger partial charge is 0.289 e. The minimum Gasteiger partial charge on any atom is -0.289 e. The number of rotatable bonds is 6. The molecule has 25 heavy (non-hydrogen) atoms. The summed E-state index contributed by atoms with van der Waals surface area (Å²) < 4.78 is 0. The summed E-state index contributed by atoms with van der Waals surface area (Å²) in [4.78, 5) is 2.76. The summed E-state index contributed by atoms with van der Waals surface area (Å²) in [6.07, 6.45) is 11.8. The van der Waals surface area contributed by atoms with Crippen molar-refractivity contribution in [1.82, 2.24) is 4.90 Å². The van der Waals surface area contributed by atoms with Crippen LogP contribution in [-0.4, -0.2) is 17.0 Å². The maximum absolute atomic E-state index is 2.76. The fourth-order valence-electron chi connectivity index (χ4n) is 4.60. The molecule has 0 N–H and O–H groups in total. The van der Waals surface area contributed by atoms with Crippen LogP contribution in [0, 0.1) is 0 Å². The first-order chi connectivity index (χ1) is 12.4. The van der Waals surface area contributed by atoms with Gasteiger partial charge in [-0.15, -0.1) is 0 Å². The van der Waals surface area contributed by atoms with Crippen LogP contribution >= 0.6 is 0 Å². The standard InChI is InChI=1S/C24H29N/c1-3-9-20(10-4-1)13-7-14-22-17-23-15-8-16-24(18-22)25(23)19-21-11-5-2-6-12-21/h1-6,9-12,17,23-24H,7-8,13-16,18-19H2. The van der Waals surface area contributed by atoms with Crippen LogP contribution in [0.3, 0.4) is 0 Å².